The Morgan fingerprint density at radius 1 is 0.295 bits per heavy atom. The SMILES string of the molecule is Cc1ccc(CCc2ccc(C#CC#Cc3ccc(C#CC#Cc4ccc(CCc5ccc(C)cc5)cc4)cc3)cc2)cc1. The van der Waals surface area contributed by atoms with Gasteiger partial charge >= 0.3 is 0 Å². The summed E-state index contributed by atoms with van der Waals surface area (Å²) in [6, 6.07) is 42.2. The molecular formula is C44H34. The van der Waals surface area contributed by atoms with Crippen LogP contribution >= 0.6 is 0 Å². The zero-order valence-electron chi connectivity index (χ0n) is 25.4. The molecule has 0 nitrogen and oxygen atoms in total. The maximum absolute atomic E-state index is 3.14. The van der Waals surface area contributed by atoms with E-state index in [-0.39, 0.29) is 0 Å². The van der Waals surface area contributed by atoms with Gasteiger partial charge in [-0.2, -0.15) is 0 Å². The molecule has 0 amide bonds. The lowest BCUT2D eigenvalue weighted by Crippen LogP contribution is -1.91. The topological polar surface area (TPSA) is 0 Å². The molecule has 0 fully saturated rings. The smallest absolute Gasteiger partial charge is 0.0256 e. The Kier molecular flexibility index (Phi) is 10.5. The molecule has 5 aromatic rings. The van der Waals surface area contributed by atoms with E-state index in [0.717, 1.165) is 47.9 Å². The highest BCUT2D eigenvalue weighted by atomic mass is 14.0. The van der Waals surface area contributed by atoms with Crippen molar-refractivity contribution in [3.05, 3.63) is 177 Å². The van der Waals surface area contributed by atoms with Crippen LogP contribution in [-0.2, 0) is 25.7 Å². The predicted molar refractivity (Wildman–Crippen MR) is 184 cm³/mol. The van der Waals surface area contributed by atoms with Crippen molar-refractivity contribution in [1.29, 1.82) is 0 Å². The molecule has 5 rings (SSSR count). The first kappa shape index (κ1) is 29.8. The molecule has 0 radical (unpaired) electrons. The molecule has 5 aromatic carbocycles. The molecule has 0 aliphatic rings. The fraction of sp³-hybridized carbons (Fsp3) is 0.136. The van der Waals surface area contributed by atoms with Gasteiger partial charge in [0.25, 0.3) is 0 Å². The molecule has 0 N–H and O–H groups in total. The summed E-state index contributed by atoms with van der Waals surface area (Å²) in [4.78, 5) is 0. The zero-order valence-corrected chi connectivity index (χ0v) is 25.4. The second-order valence-corrected chi connectivity index (χ2v) is 10.9. The molecule has 0 atom stereocenters. The van der Waals surface area contributed by atoms with E-state index in [4.69, 9.17) is 0 Å². The van der Waals surface area contributed by atoms with Crippen molar-refractivity contribution in [3.63, 3.8) is 0 Å². The standard InChI is InChI=1S/C44H34/c1-35-11-15-41(16-12-35)31-33-43-27-23-39(24-28-43)9-5-3-7-37-19-21-38(22-20-37)8-4-6-10-40-25-29-44(30-26-40)34-32-42-17-13-36(2)14-18-42/h11-30H,31-34H2,1-2H3. The van der Waals surface area contributed by atoms with Crippen LogP contribution in [0.3, 0.4) is 0 Å². The Bertz CT molecular complexity index is 1780. The van der Waals surface area contributed by atoms with E-state index in [1.807, 2.05) is 24.3 Å². The highest BCUT2D eigenvalue weighted by Crippen LogP contribution is 2.11. The van der Waals surface area contributed by atoms with E-state index in [2.05, 4.69) is 158 Å². The third kappa shape index (κ3) is 9.72. The first-order valence-corrected chi connectivity index (χ1v) is 15.0. The van der Waals surface area contributed by atoms with Gasteiger partial charge in [0.2, 0.25) is 0 Å². The van der Waals surface area contributed by atoms with Gasteiger partial charge in [-0.3, -0.25) is 0 Å². The van der Waals surface area contributed by atoms with Gasteiger partial charge in [-0.05, 0) is 134 Å². The number of hydrogen-bond acceptors (Lipinski definition) is 0. The minimum absolute atomic E-state index is 0.907. The highest BCUT2D eigenvalue weighted by molar-refractivity contribution is 5.49. The summed E-state index contributed by atoms with van der Waals surface area (Å²) < 4.78 is 0. The van der Waals surface area contributed by atoms with Gasteiger partial charge < -0.3 is 0 Å². The molecular weight excluding hydrogens is 528 g/mol. The zero-order chi connectivity index (χ0) is 30.4. The van der Waals surface area contributed by atoms with Crippen LogP contribution in [0.5, 0.6) is 0 Å². The monoisotopic (exact) mass is 562 g/mol. The molecule has 0 aromatic heterocycles. The average Bonchev–Trinajstić information content (AvgIpc) is 3.06. The molecule has 0 heteroatoms. The lowest BCUT2D eigenvalue weighted by Gasteiger charge is -2.03. The summed E-state index contributed by atoms with van der Waals surface area (Å²) in [5.41, 5.74) is 11.7. The van der Waals surface area contributed by atoms with Crippen LogP contribution in [0.4, 0.5) is 0 Å². The highest BCUT2D eigenvalue weighted by Gasteiger charge is 1.98. The molecule has 0 unspecified atom stereocenters. The normalized spacial score (nSPS) is 9.68. The molecule has 0 bridgehead atoms. The Labute approximate surface area is 263 Å². The van der Waals surface area contributed by atoms with Crippen molar-refractivity contribution in [2.75, 3.05) is 0 Å². The summed E-state index contributed by atoms with van der Waals surface area (Å²) in [6.45, 7) is 4.24. The van der Waals surface area contributed by atoms with Crippen LogP contribution in [0.1, 0.15) is 55.6 Å². The van der Waals surface area contributed by atoms with Crippen molar-refractivity contribution >= 4 is 0 Å². The first-order chi connectivity index (χ1) is 21.6. The molecule has 210 valence electrons. The number of benzene rings is 5. The van der Waals surface area contributed by atoms with E-state index < -0.39 is 0 Å². The first-order valence-electron chi connectivity index (χ1n) is 15.0. The van der Waals surface area contributed by atoms with Gasteiger partial charge in [0, 0.05) is 22.3 Å². The largest absolute Gasteiger partial charge is 0.0591 e. The lowest BCUT2D eigenvalue weighted by molar-refractivity contribution is 0.959. The lowest BCUT2D eigenvalue weighted by atomic mass is 10.0. The fourth-order valence-electron chi connectivity index (χ4n) is 4.65. The van der Waals surface area contributed by atoms with Gasteiger partial charge in [0.05, 0.1) is 0 Å². The van der Waals surface area contributed by atoms with Crippen LogP contribution in [0.25, 0.3) is 0 Å². The second kappa shape index (κ2) is 15.5. The van der Waals surface area contributed by atoms with Gasteiger partial charge in [-0.15, -0.1) is 0 Å². The molecule has 0 aliphatic carbocycles. The van der Waals surface area contributed by atoms with Gasteiger partial charge in [-0.1, -0.05) is 108 Å². The van der Waals surface area contributed by atoms with Crippen LogP contribution < -0.4 is 0 Å². The van der Waals surface area contributed by atoms with Gasteiger partial charge in [0.15, 0.2) is 0 Å². The molecule has 0 saturated heterocycles. The predicted octanol–water partition coefficient (Wildman–Crippen LogP) is 8.68. The third-order valence-electron chi connectivity index (χ3n) is 7.39. The van der Waals surface area contributed by atoms with Crippen molar-refractivity contribution in [2.45, 2.75) is 39.5 Å². The Balaban J connectivity index is 1.07. The minimum atomic E-state index is 0.907. The van der Waals surface area contributed by atoms with Crippen molar-refractivity contribution in [2.24, 2.45) is 0 Å². The fourth-order valence-corrected chi connectivity index (χ4v) is 4.65. The maximum atomic E-state index is 3.14. The number of rotatable bonds is 6. The van der Waals surface area contributed by atoms with E-state index in [0.29, 0.717) is 0 Å². The second-order valence-electron chi connectivity index (χ2n) is 10.9. The minimum Gasteiger partial charge on any atom is -0.0591 e. The summed E-state index contributed by atoms with van der Waals surface area (Å²) in [7, 11) is 0. The van der Waals surface area contributed by atoms with Crippen LogP contribution in [-0.4, -0.2) is 0 Å². The summed E-state index contributed by atoms with van der Waals surface area (Å²) in [5, 5.41) is 0. The van der Waals surface area contributed by atoms with Crippen LogP contribution in [0.15, 0.2) is 121 Å². The summed E-state index contributed by atoms with van der Waals surface area (Å²) in [6.07, 6.45) is 4.12. The molecule has 0 saturated carbocycles. The van der Waals surface area contributed by atoms with Crippen molar-refractivity contribution < 1.29 is 0 Å². The van der Waals surface area contributed by atoms with Gasteiger partial charge in [0.1, 0.15) is 0 Å². The third-order valence-corrected chi connectivity index (χ3v) is 7.39. The van der Waals surface area contributed by atoms with Crippen LogP contribution in [0, 0.1) is 61.2 Å². The molecule has 0 spiro atoms. The van der Waals surface area contributed by atoms with E-state index >= 15 is 0 Å². The Hall–Kier alpha value is -5.66. The Morgan fingerprint density at radius 2 is 0.500 bits per heavy atom. The van der Waals surface area contributed by atoms with E-state index in [1.165, 1.54) is 33.4 Å². The molecule has 44 heavy (non-hydrogen) atoms. The molecule has 0 heterocycles. The van der Waals surface area contributed by atoms with Crippen LogP contribution in [0.2, 0.25) is 0 Å². The maximum Gasteiger partial charge on any atom is 0.0256 e. The van der Waals surface area contributed by atoms with E-state index in [9.17, 15) is 0 Å². The average molecular weight is 563 g/mol. The number of hydrogen-bond donors (Lipinski definition) is 0. The summed E-state index contributed by atoms with van der Waals surface area (Å²) in [5.74, 6) is 24.3. The van der Waals surface area contributed by atoms with Crippen molar-refractivity contribution in [1.82, 2.24) is 0 Å². The Morgan fingerprint density at radius 3 is 0.750 bits per heavy atom. The van der Waals surface area contributed by atoms with Crippen molar-refractivity contribution in [3.8, 4) is 47.4 Å². The van der Waals surface area contributed by atoms with E-state index in [1.54, 1.807) is 0 Å². The molecule has 0 aliphatic heterocycles. The van der Waals surface area contributed by atoms with Gasteiger partial charge in [-0.25, -0.2) is 0 Å². The number of aryl methyl sites for hydroxylation is 6. The quantitative estimate of drug-likeness (QED) is 0.182. The summed E-state index contributed by atoms with van der Waals surface area (Å²) >= 11 is 0.